The molecule has 0 bridgehead atoms. The number of carbonyl (C=O) groups excluding carboxylic acids is 2. The predicted octanol–water partition coefficient (Wildman–Crippen LogP) is 1.58. The molecule has 0 spiro atoms. The van der Waals surface area contributed by atoms with Crippen molar-refractivity contribution in [2.45, 2.75) is 25.8 Å². The summed E-state index contributed by atoms with van der Waals surface area (Å²) >= 11 is 0. The fraction of sp³-hybridized carbons (Fsp3) is 0.400. The van der Waals surface area contributed by atoms with Gasteiger partial charge in [0.25, 0.3) is 0 Å². The molecule has 0 aliphatic carbocycles. The van der Waals surface area contributed by atoms with Crippen molar-refractivity contribution in [3.63, 3.8) is 0 Å². The number of para-hydroxylation sites is 1. The summed E-state index contributed by atoms with van der Waals surface area (Å²) in [5.74, 6) is 0.612. The van der Waals surface area contributed by atoms with Crippen LogP contribution in [0.2, 0.25) is 0 Å². The Morgan fingerprint density at radius 1 is 1.33 bits per heavy atom. The molecule has 1 N–H and O–H groups in total. The summed E-state index contributed by atoms with van der Waals surface area (Å²) in [6, 6.07) is 7.63. The van der Waals surface area contributed by atoms with Crippen molar-refractivity contribution in [2.75, 3.05) is 20.2 Å². The molecule has 1 aliphatic heterocycles. The largest absolute Gasteiger partial charge is 0.496 e. The molecule has 1 aromatic carbocycles. The molecule has 1 aliphatic rings. The zero-order valence-corrected chi connectivity index (χ0v) is 15.4. The first-order chi connectivity index (χ1) is 13.2. The number of methoxy groups -OCH3 is 1. The van der Waals surface area contributed by atoms with E-state index in [-0.39, 0.29) is 17.7 Å². The van der Waals surface area contributed by atoms with Gasteiger partial charge in [0.15, 0.2) is 0 Å². The average Bonchev–Trinajstić information content (AvgIpc) is 2.70. The quantitative estimate of drug-likeness (QED) is 0.802. The van der Waals surface area contributed by atoms with E-state index in [2.05, 4.69) is 15.3 Å². The van der Waals surface area contributed by atoms with Crippen LogP contribution in [0.3, 0.4) is 0 Å². The number of piperidine rings is 1. The Morgan fingerprint density at radius 3 is 2.96 bits per heavy atom. The van der Waals surface area contributed by atoms with Gasteiger partial charge < -0.3 is 15.0 Å². The highest BCUT2D eigenvalue weighted by Crippen LogP contribution is 2.24. The van der Waals surface area contributed by atoms with Crippen LogP contribution in [0.4, 0.5) is 0 Å². The normalized spacial score (nSPS) is 16.9. The summed E-state index contributed by atoms with van der Waals surface area (Å²) in [7, 11) is 1.62. The molecule has 7 heteroatoms. The van der Waals surface area contributed by atoms with Crippen LogP contribution < -0.4 is 10.1 Å². The van der Waals surface area contributed by atoms with Crippen LogP contribution in [0.1, 0.15) is 24.1 Å². The molecular formula is C20H24N4O3. The number of rotatable bonds is 7. The SMILES string of the molecule is COc1ccccc1CN1CC(C(=O)NCCc2cnccn2)CCC1=O. The summed E-state index contributed by atoms with van der Waals surface area (Å²) in [4.78, 5) is 34.8. The first-order valence-electron chi connectivity index (χ1n) is 9.09. The van der Waals surface area contributed by atoms with E-state index in [4.69, 9.17) is 4.74 Å². The molecule has 3 rings (SSSR count). The zero-order chi connectivity index (χ0) is 19.1. The van der Waals surface area contributed by atoms with Gasteiger partial charge in [-0.2, -0.15) is 0 Å². The van der Waals surface area contributed by atoms with E-state index in [0.29, 0.717) is 38.9 Å². The number of likely N-dealkylation sites (tertiary alicyclic amines) is 1. The zero-order valence-electron chi connectivity index (χ0n) is 15.4. The topological polar surface area (TPSA) is 84.4 Å². The minimum Gasteiger partial charge on any atom is -0.496 e. The van der Waals surface area contributed by atoms with Crippen molar-refractivity contribution in [2.24, 2.45) is 5.92 Å². The monoisotopic (exact) mass is 368 g/mol. The van der Waals surface area contributed by atoms with E-state index in [0.717, 1.165) is 17.0 Å². The minimum absolute atomic E-state index is 0.0172. The Balaban J connectivity index is 1.54. The number of nitrogens with zero attached hydrogens (tertiary/aromatic N) is 3. The van der Waals surface area contributed by atoms with Gasteiger partial charge in [0.05, 0.1) is 18.7 Å². The minimum atomic E-state index is -0.195. The molecule has 1 unspecified atom stereocenters. The summed E-state index contributed by atoms with van der Waals surface area (Å²) in [5, 5.41) is 2.95. The summed E-state index contributed by atoms with van der Waals surface area (Å²) in [6.45, 7) is 1.38. The Bertz CT molecular complexity index is 782. The predicted molar refractivity (Wildman–Crippen MR) is 99.9 cm³/mol. The molecule has 2 heterocycles. The van der Waals surface area contributed by atoms with Gasteiger partial charge >= 0.3 is 0 Å². The number of aromatic nitrogens is 2. The van der Waals surface area contributed by atoms with Gasteiger partial charge in [-0.05, 0) is 12.5 Å². The lowest BCUT2D eigenvalue weighted by atomic mass is 9.96. The summed E-state index contributed by atoms with van der Waals surface area (Å²) < 4.78 is 5.36. The third-order valence-corrected chi connectivity index (χ3v) is 4.72. The number of carbonyl (C=O) groups is 2. The van der Waals surface area contributed by atoms with Gasteiger partial charge in [-0.3, -0.25) is 19.6 Å². The molecule has 27 heavy (non-hydrogen) atoms. The van der Waals surface area contributed by atoms with E-state index < -0.39 is 0 Å². The second-order valence-corrected chi connectivity index (χ2v) is 6.56. The highest BCUT2D eigenvalue weighted by atomic mass is 16.5. The van der Waals surface area contributed by atoms with Gasteiger partial charge in [0.2, 0.25) is 11.8 Å². The smallest absolute Gasteiger partial charge is 0.224 e. The van der Waals surface area contributed by atoms with Crippen LogP contribution in [0.25, 0.3) is 0 Å². The van der Waals surface area contributed by atoms with E-state index in [1.807, 2.05) is 24.3 Å². The number of hydrogen-bond donors (Lipinski definition) is 1. The molecule has 1 saturated heterocycles. The molecule has 142 valence electrons. The van der Waals surface area contributed by atoms with Gasteiger partial charge in [0, 0.05) is 56.6 Å². The fourth-order valence-corrected chi connectivity index (χ4v) is 3.24. The number of nitrogens with one attached hydrogen (secondary N) is 1. The third-order valence-electron chi connectivity index (χ3n) is 4.72. The molecular weight excluding hydrogens is 344 g/mol. The van der Waals surface area contributed by atoms with Gasteiger partial charge in [-0.25, -0.2) is 0 Å². The first kappa shape index (κ1) is 18.8. The van der Waals surface area contributed by atoms with Crippen molar-refractivity contribution in [1.82, 2.24) is 20.2 Å². The molecule has 2 aromatic rings. The first-order valence-corrected chi connectivity index (χ1v) is 9.09. The standard InChI is InChI=1S/C20H24N4O3/c1-27-18-5-3-2-4-15(18)13-24-14-16(6-7-19(24)25)20(26)23-9-8-17-12-21-10-11-22-17/h2-5,10-12,16H,6-9,13-14H2,1H3,(H,23,26). The second-order valence-electron chi connectivity index (χ2n) is 6.56. The molecule has 7 nitrogen and oxygen atoms in total. The Morgan fingerprint density at radius 2 is 2.19 bits per heavy atom. The van der Waals surface area contributed by atoms with E-state index in [9.17, 15) is 9.59 Å². The van der Waals surface area contributed by atoms with Gasteiger partial charge in [-0.15, -0.1) is 0 Å². The molecule has 1 fully saturated rings. The molecule has 1 atom stereocenters. The van der Waals surface area contributed by atoms with Crippen molar-refractivity contribution in [3.8, 4) is 5.75 Å². The van der Waals surface area contributed by atoms with E-state index in [1.165, 1.54) is 0 Å². The maximum absolute atomic E-state index is 12.5. The Kier molecular flexibility index (Phi) is 6.35. The number of ether oxygens (including phenoxy) is 1. The van der Waals surface area contributed by atoms with Crippen LogP contribution in [0, 0.1) is 5.92 Å². The lowest BCUT2D eigenvalue weighted by Gasteiger charge is -2.32. The number of hydrogen-bond acceptors (Lipinski definition) is 5. The van der Waals surface area contributed by atoms with Gasteiger partial charge in [-0.1, -0.05) is 18.2 Å². The lowest BCUT2D eigenvalue weighted by molar-refractivity contribution is -0.138. The van der Waals surface area contributed by atoms with E-state index >= 15 is 0 Å². The number of amides is 2. The third kappa shape index (κ3) is 5.03. The summed E-state index contributed by atoms with van der Waals surface area (Å²) in [5.41, 5.74) is 1.78. The van der Waals surface area contributed by atoms with E-state index in [1.54, 1.807) is 30.6 Å². The molecule has 0 radical (unpaired) electrons. The summed E-state index contributed by atoms with van der Waals surface area (Å²) in [6.07, 6.45) is 6.56. The molecule has 2 amide bonds. The maximum atomic E-state index is 12.5. The van der Waals surface area contributed by atoms with Gasteiger partial charge in [0.1, 0.15) is 5.75 Å². The van der Waals surface area contributed by atoms with Crippen LogP contribution in [0.5, 0.6) is 5.75 Å². The molecule has 0 saturated carbocycles. The highest BCUT2D eigenvalue weighted by Gasteiger charge is 2.30. The van der Waals surface area contributed by atoms with Crippen LogP contribution in [-0.4, -0.2) is 46.9 Å². The number of benzene rings is 1. The Hall–Kier alpha value is -2.96. The van der Waals surface area contributed by atoms with Crippen LogP contribution >= 0.6 is 0 Å². The second kappa shape index (κ2) is 9.12. The lowest BCUT2D eigenvalue weighted by Crippen LogP contribution is -2.45. The fourth-order valence-electron chi connectivity index (χ4n) is 3.24. The molecule has 1 aromatic heterocycles. The maximum Gasteiger partial charge on any atom is 0.224 e. The Labute approximate surface area is 158 Å². The van der Waals surface area contributed by atoms with Crippen LogP contribution in [-0.2, 0) is 22.6 Å². The van der Waals surface area contributed by atoms with Crippen molar-refractivity contribution in [3.05, 3.63) is 54.1 Å². The average molecular weight is 368 g/mol. The van der Waals surface area contributed by atoms with Crippen molar-refractivity contribution < 1.29 is 14.3 Å². The van der Waals surface area contributed by atoms with Crippen molar-refractivity contribution >= 4 is 11.8 Å². The highest BCUT2D eigenvalue weighted by molar-refractivity contribution is 5.83. The van der Waals surface area contributed by atoms with Crippen LogP contribution in [0.15, 0.2) is 42.9 Å². The van der Waals surface area contributed by atoms with Crippen molar-refractivity contribution in [1.29, 1.82) is 0 Å².